The van der Waals surface area contributed by atoms with Crippen LogP contribution >= 0.6 is 0 Å². The fourth-order valence-electron chi connectivity index (χ4n) is 4.05. The molecule has 1 aliphatic carbocycles. The topological polar surface area (TPSA) is 72.3 Å². The Morgan fingerprint density at radius 3 is 2.65 bits per heavy atom. The third-order valence-corrected chi connectivity index (χ3v) is 5.87. The van der Waals surface area contributed by atoms with Crippen LogP contribution in [-0.2, 0) is 6.18 Å². The van der Waals surface area contributed by atoms with Crippen molar-refractivity contribution in [3.8, 4) is 17.1 Å². The first-order valence-electron chi connectivity index (χ1n) is 10.6. The lowest BCUT2D eigenvalue weighted by atomic mass is 10.1. The van der Waals surface area contributed by atoms with E-state index in [0.29, 0.717) is 5.56 Å². The van der Waals surface area contributed by atoms with Crippen LogP contribution in [0.5, 0.6) is 5.75 Å². The Morgan fingerprint density at radius 1 is 1.23 bits per heavy atom. The highest BCUT2D eigenvalue weighted by molar-refractivity contribution is 5.66. The summed E-state index contributed by atoms with van der Waals surface area (Å²) in [7, 11) is 1.30. The maximum absolute atomic E-state index is 13.3. The number of hydrogen-bond donors (Lipinski definition) is 1. The zero-order valence-corrected chi connectivity index (χ0v) is 17.6. The van der Waals surface area contributed by atoms with E-state index in [-0.39, 0.29) is 35.0 Å². The predicted molar refractivity (Wildman–Crippen MR) is 110 cm³/mol. The van der Waals surface area contributed by atoms with Crippen molar-refractivity contribution in [1.29, 1.82) is 0 Å². The highest BCUT2D eigenvalue weighted by Gasteiger charge is 2.34. The number of alkyl halides is 3. The Bertz CT molecular complexity index is 1000. The molecule has 2 aromatic rings. The second-order valence-electron chi connectivity index (χ2n) is 8.07. The van der Waals surface area contributed by atoms with Gasteiger partial charge in [-0.05, 0) is 57.0 Å². The summed E-state index contributed by atoms with van der Waals surface area (Å²) in [5.74, 6) is 0.413. The number of nitrogens with zero attached hydrogens (tertiary/aromatic N) is 4. The third kappa shape index (κ3) is 4.53. The smallest absolute Gasteiger partial charge is 0.416 e. The lowest BCUT2D eigenvalue weighted by Crippen LogP contribution is -2.43. The largest absolute Gasteiger partial charge is 0.496 e. The molecule has 0 spiro atoms. The second-order valence-corrected chi connectivity index (χ2v) is 8.07. The molecule has 0 amide bonds. The third-order valence-electron chi connectivity index (χ3n) is 5.87. The summed E-state index contributed by atoms with van der Waals surface area (Å²) >= 11 is 0. The molecule has 1 N–H and O–H groups in total. The fourth-order valence-corrected chi connectivity index (χ4v) is 4.05. The first-order valence-corrected chi connectivity index (χ1v) is 10.6. The van der Waals surface area contributed by atoms with Gasteiger partial charge < -0.3 is 15.0 Å². The zero-order valence-electron chi connectivity index (χ0n) is 17.6. The molecule has 2 fully saturated rings. The van der Waals surface area contributed by atoms with Crippen molar-refractivity contribution in [2.75, 3.05) is 32.1 Å². The SMILES string of the molecule is CCN1CCC[C@@H](Nc2nnc(-c3ccc(C(F)(F)F)cc3OC)n(C3CC3)c2=O)C1. The molecule has 1 atom stereocenters. The van der Waals surface area contributed by atoms with Crippen molar-refractivity contribution in [2.45, 2.75) is 50.9 Å². The number of aromatic nitrogens is 3. The molecule has 4 rings (SSSR count). The van der Waals surface area contributed by atoms with Crippen molar-refractivity contribution in [3.05, 3.63) is 34.1 Å². The molecular formula is C21H26F3N5O2. The first-order chi connectivity index (χ1) is 14.8. The van der Waals surface area contributed by atoms with Gasteiger partial charge in [-0.3, -0.25) is 9.36 Å². The van der Waals surface area contributed by atoms with Crippen LogP contribution < -0.4 is 15.6 Å². The quantitative estimate of drug-likeness (QED) is 0.745. The zero-order chi connectivity index (χ0) is 22.2. The van der Waals surface area contributed by atoms with Crippen molar-refractivity contribution in [3.63, 3.8) is 0 Å². The van der Waals surface area contributed by atoms with Gasteiger partial charge in [-0.2, -0.15) is 13.2 Å². The molecule has 1 aromatic carbocycles. The molecule has 1 saturated heterocycles. The van der Waals surface area contributed by atoms with Crippen LogP contribution in [-0.4, -0.2) is 52.5 Å². The monoisotopic (exact) mass is 437 g/mol. The Balaban J connectivity index is 1.70. The van der Waals surface area contributed by atoms with Gasteiger partial charge in [0.25, 0.3) is 5.56 Å². The van der Waals surface area contributed by atoms with Gasteiger partial charge in [0.05, 0.1) is 18.2 Å². The van der Waals surface area contributed by atoms with E-state index < -0.39 is 11.7 Å². The number of rotatable bonds is 6. The summed E-state index contributed by atoms with van der Waals surface area (Å²) in [6.07, 6.45) is -0.887. The number of halogens is 3. The lowest BCUT2D eigenvalue weighted by molar-refractivity contribution is -0.137. The van der Waals surface area contributed by atoms with Gasteiger partial charge in [-0.25, -0.2) is 0 Å². The van der Waals surface area contributed by atoms with Crippen molar-refractivity contribution < 1.29 is 17.9 Å². The number of methoxy groups -OCH3 is 1. The van der Waals surface area contributed by atoms with Gasteiger partial charge >= 0.3 is 6.18 Å². The fraction of sp³-hybridized carbons (Fsp3) is 0.571. The lowest BCUT2D eigenvalue weighted by Gasteiger charge is -2.32. The van der Waals surface area contributed by atoms with Gasteiger partial charge in [-0.1, -0.05) is 6.92 Å². The maximum atomic E-state index is 13.3. The summed E-state index contributed by atoms with van der Waals surface area (Å²) in [4.78, 5) is 15.6. The second kappa shape index (κ2) is 8.49. The number of hydrogen-bond acceptors (Lipinski definition) is 6. The molecule has 0 bridgehead atoms. The molecule has 10 heteroatoms. The maximum Gasteiger partial charge on any atom is 0.416 e. The highest BCUT2D eigenvalue weighted by Crippen LogP contribution is 2.40. The Hall–Kier alpha value is -2.62. The van der Waals surface area contributed by atoms with Crippen LogP contribution in [0.25, 0.3) is 11.4 Å². The normalized spacial score (nSPS) is 20.0. The van der Waals surface area contributed by atoms with E-state index >= 15 is 0 Å². The van der Waals surface area contributed by atoms with Gasteiger partial charge in [0.2, 0.25) is 5.82 Å². The summed E-state index contributed by atoms with van der Waals surface area (Å²) < 4.78 is 46.0. The molecule has 0 radical (unpaired) electrons. The van der Waals surface area contributed by atoms with E-state index in [2.05, 4.69) is 27.3 Å². The summed E-state index contributed by atoms with van der Waals surface area (Å²) in [6.45, 7) is 4.92. The number of anilines is 1. The molecule has 7 nitrogen and oxygen atoms in total. The Morgan fingerprint density at radius 2 is 2.00 bits per heavy atom. The number of likely N-dealkylation sites (tertiary alicyclic amines) is 1. The molecule has 1 aromatic heterocycles. The summed E-state index contributed by atoms with van der Waals surface area (Å²) in [5.41, 5.74) is -0.811. The molecule has 0 unspecified atom stereocenters. The first kappa shape index (κ1) is 21.6. The van der Waals surface area contributed by atoms with E-state index in [1.807, 2.05) is 0 Å². The van der Waals surface area contributed by atoms with Crippen molar-refractivity contribution in [2.24, 2.45) is 0 Å². The number of likely N-dealkylation sites (N-methyl/N-ethyl adjacent to an activating group) is 1. The van der Waals surface area contributed by atoms with Gasteiger partial charge in [0.15, 0.2) is 5.82 Å². The standard InChI is InChI=1S/C21H26F3N5O2/c1-3-28-10-4-5-14(12-28)25-18-20(30)29(15-7-8-15)19(27-26-18)16-9-6-13(21(22,23)24)11-17(16)31-2/h6,9,11,14-15H,3-5,7-8,10,12H2,1-2H3,(H,25,26)/t14-/m1/s1. The summed E-state index contributed by atoms with van der Waals surface area (Å²) in [5, 5.41) is 11.6. The average molecular weight is 437 g/mol. The van der Waals surface area contributed by atoms with E-state index in [1.165, 1.54) is 13.2 Å². The van der Waals surface area contributed by atoms with Crippen LogP contribution in [0.2, 0.25) is 0 Å². The number of piperidine rings is 1. The van der Waals surface area contributed by atoms with E-state index in [4.69, 9.17) is 4.74 Å². The molecular weight excluding hydrogens is 411 g/mol. The molecule has 1 saturated carbocycles. The van der Waals surface area contributed by atoms with Crippen LogP contribution in [0.4, 0.5) is 19.0 Å². The van der Waals surface area contributed by atoms with Crippen molar-refractivity contribution in [1.82, 2.24) is 19.7 Å². The molecule has 1 aliphatic heterocycles. The molecule has 2 heterocycles. The minimum Gasteiger partial charge on any atom is -0.496 e. The van der Waals surface area contributed by atoms with E-state index in [9.17, 15) is 18.0 Å². The van der Waals surface area contributed by atoms with Crippen LogP contribution in [0.1, 0.15) is 44.2 Å². The minimum absolute atomic E-state index is 0.00417. The predicted octanol–water partition coefficient (Wildman–Crippen LogP) is 3.56. The van der Waals surface area contributed by atoms with Gasteiger partial charge in [0.1, 0.15) is 5.75 Å². The van der Waals surface area contributed by atoms with Gasteiger partial charge in [0, 0.05) is 18.6 Å². The van der Waals surface area contributed by atoms with Crippen LogP contribution in [0.3, 0.4) is 0 Å². The van der Waals surface area contributed by atoms with Crippen LogP contribution in [0, 0.1) is 0 Å². The molecule has 168 valence electrons. The van der Waals surface area contributed by atoms with E-state index in [0.717, 1.165) is 57.5 Å². The summed E-state index contributed by atoms with van der Waals surface area (Å²) in [6, 6.07) is 3.25. The Kier molecular flexibility index (Phi) is 5.92. The number of nitrogens with one attached hydrogen (secondary N) is 1. The molecule has 31 heavy (non-hydrogen) atoms. The van der Waals surface area contributed by atoms with E-state index in [1.54, 1.807) is 4.57 Å². The molecule has 2 aliphatic rings. The number of ether oxygens (including phenoxy) is 1. The highest BCUT2D eigenvalue weighted by atomic mass is 19.4. The van der Waals surface area contributed by atoms with Crippen LogP contribution in [0.15, 0.2) is 23.0 Å². The van der Waals surface area contributed by atoms with Crippen molar-refractivity contribution >= 4 is 5.82 Å². The minimum atomic E-state index is -4.49. The van der Waals surface area contributed by atoms with Gasteiger partial charge in [-0.15, -0.1) is 10.2 Å². The average Bonchev–Trinajstić information content (AvgIpc) is 3.59. The Labute approximate surface area is 178 Å². The number of benzene rings is 1.